The highest BCUT2D eigenvalue weighted by molar-refractivity contribution is 5.97. The number of ether oxygens (including phenoxy) is 1. The number of benzene rings is 2. The van der Waals surface area contributed by atoms with Gasteiger partial charge in [-0.25, -0.2) is 0 Å². The molecule has 0 atom stereocenters. The predicted molar refractivity (Wildman–Crippen MR) is 112 cm³/mol. The summed E-state index contributed by atoms with van der Waals surface area (Å²) in [5.41, 5.74) is 2.28. The van der Waals surface area contributed by atoms with E-state index in [1.807, 2.05) is 0 Å². The van der Waals surface area contributed by atoms with E-state index in [1.165, 1.54) is 0 Å². The van der Waals surface area contributed by atoms with Crippen molar-refractivity contribution < 1.29 is 19.1 Å². The second-order valence-electron chi connectivity index (χ2n) is 6.24. The Kier molecular flexibility index (Phi) is 8.65. The first kappa shape index (κ1) is 21.9. The first-order valence-corrected chi connectivity index (χ1v) is 9.26. The molecule has 8 nitrogen and oxygen atoms in total. The third-order valence-corrected chi connectivity index (χ3v) is 4.05. The van der Waals surface area contributed by atoms with Crippen LogP contribution < -0.4 is 21.3 Å². The lowest BCUT2D eigenvalue weighted by Gasteiger charge is -2.10. The van der Waals surface area contributed by atoms with Gasteiger partial charge in [0.15, 0.2) is 0 Å². The average molecular weight is 398 g/mol. The van der Waals surface area contributed by atoms with Crippen LogP contribution in [0.4, 0.5) is 11.4 Å². The molecule has 0 radical (unpaired) electrons. The maximum atomic E-state index is 12.1. The Labute approximate surface area is 170 Å². The van der Waals surface area contributed by atoms with Gasteiger partial charge in [-0.3, -0.25) is 14.4 Å². The van der Waals surface area contributed by atoms with Crippen LogP contribution in [0.15, 0.2) is 48.5 Å². The Morgan fingerprint density at radius 3 is 2.38 bits per heavy atom. The molecule has 0 aromatic heterocycles. The third-order valence-electron chi connectivity index (χ3n) is 4.05. The molecule has 4 N–H and O–H groups in total. The van der Waals surface area contributed by atoms with Crippen LogP contribution in [0.5, 0.6) is 0 Å². The van der Waals surface area contributed by atoms with Gasteiger partial charge in [0.1, 0.15) is 0 Å². The van der Waals surface area contributed by atoms with Gasteiger partial charge in [-0.2, -0.15) is 0 Å². The first-order valence-electron chi connectivity index (χ1n) is 9.26. The van der Waals surface area contributed by atoms with Gasteiger partial charge in [0.05, 0.1) is 6.54 Å². The summed E-state index contributed by atoms with van der Waals surface area (Å²) < 4.78 is 4.95. The highest BCUT2D eigenvalue weighted by Crippen LogP contribution is 2.12. The van der Waals surface area contributed by atoms with Crippen LogP contribution in [0.3, 0.4) is 0 Å². The van der Waals surface area contributed by atoms with Gasteiger partial charge in [-0.1, -0.05) is 6.07 Å². The van der Waals surface area contributed by atoms with Crippen molar-refractivity contribution in [2.75, 3.05) is 44.5 Å². The van der Waals surface area contributed by atoms with Gasteiger partial charge in [-0.05, 0) is 48.9 Å². The summed E-state index contributed by atoms with van der Waals surface area (Å²) in [5, 5.41) is 11.1. The third kappa shape index (κ3) is 7.27. The number of amides is 3. The van der Waals surface area contributed by atoms with Crippen molar-refractivity contribution in [3.63, 3.8) is 0 Å². The molecule has 0 aliphatic heterocycles. The summed E-state index contributed by atoms with van der Waals surface area (Å²) in [6, 6.07) is 13.5. The molecule has 2 aromatic rings. The topological polar surface area (TPSA) is 109 Å². The number of anilines is 2. The van der Waals surface area contributed by atoms with Crippen molar-refractivity contribution in [1.29, 1.82) is 0 Å². The molecule has 0 unspecified atom stereocenters. The zero-order valence-electron chi connectivity index (χ0n) is 16.6. The van der Waals surface area contributed by atoms with Gasteiger partial charge in [0.25, 0.3) is 11.8 Å². The molecule has 0 aliphatic carbocycles. The second-order valence-corrected chi connectivity index (χ2v) is 6.24. The monoisotopic (exact) mass is 398 g/mol. The summed E-state index contributed by atoms with van der Waals surface area (Å²) in [6.07, 6.45) is 0.741. The van der Waals surface area contributed by atoms with Crippen LogP contribution in [-0.2, 0) is 9.53 Å². The molecule has 29 heavy (non-hydrogen) atoms. The summed E-state index contributed by atoms with van der Waals surface area (Å²) >= 11 is 0. The zero-order valence-corrected chi connectivity index (χ0v) is 16.6. The maximum absolute atomic E-state index is 12.1. The average Bonchev–Trinajstić information content (AvgIpc) is 2.75. The van der Waals surface area contributed by atoms with E-state index in [-0.39, 0.29) is 24.3 Å². The molecule has 2 aromatic carbocycles. The van der Waals surface area contributed by atoms with E-state index in [9.17, 15) is 14.4 Å². The first-order chi connectivity index (χ1) is 14.0. The van der Waals surface area contributed by atoms with E-state index in [1.54, 1.807) is 62.7 Å². The quantitative estimate of drug-likeness (QED) is 0.457. The fourth-order valence-electron chi connectivity index (χ4n) is 2.53. The van der Waals surface area contributed by atoms with Crippen molar-refractivity contribution in [3.05, 3.63) is 59.7 Å². The maximum Gasteiger partial charge on any atom is 0.251 e. The molecule has 0 aliphatic rings. The zero-order chi connectivity index (χ0) is 21.1. The minimum Gasteiger partial charge on any atom is -0.385 e. The van der Waals surface area contributed by atoms with Gasteiger partial charge in [0, 0.05) is 49.8 Å². The molecule has 0 saturated carbocycles. The van der Waals surface area contributed by atoms with Crippen LogP contribution in [0.2, 0.25) is 0 Å². The molecular weight excluding hydrogens is 372 g/mol. The minimum absolute atomic E-state index is 0.0378. The van der Waals surface area contributed by atoms with E-state index < -0.39 is 0 Å². The lowest BCUT2D eigenvalue weighted by atomic mass is 10.2. The van der Waals surface area contributed by atoms with Gasteiger partial charge in [0.2, 0.25) is 5.91 Å². The number of hydrogen-bond acceptors (Lipinski definition) is 5. The SMILES string of the molecule is CNC(=O)c1ccc(NC(=O)CNc2cccc(C(=O)NCCCOC)c2)cc1. The smallest absolute Gasteiger partial charge is 0.251 e. The largest absolute Gasteiger partial charge is 0.385 e. The van der Waals surface area contributed by atoms with Gasteiger partial charge >= 0.3 is 0 Å². The Hall–Kier alpha value is -3.39. The molecule has 154 valence electrons. The molecule has 0 saturated heterocycles. The lowest BCUT2D eigenvalue weighted by Crippen LogP contribution is -2.25. The van der Waals surface area contributed by atoms with Crippen LogP contribution in [-0.4, -0.2) is 51.6 Å². The Morgan fingerprint density at radius 2 is 1.69 bits per heavy atom. The van der Waals surface area contributed by atoms with E-state index in [4.69, 9.17) is 4.74 Å². The molecule has 0 spiro atoms. The fourth-order valence-corrected chi connectivity index (χ4v) is 2.53. The summed E-state index contributed by atoms with van der Waals surface area (Å²) in [5.74, 6) is -0.607. The van der Waals surface area contributed by atoms with E-state index in [0.717, 1.165) is 6.42 Å². The van der Waals surface area contributed by atoms with Crippen molar-refractivity contribution >= 4 is 29.1 Å². The highest BCUT2D eigenvalue weighted by Gasteiger charge is 2.08. The van der Waals surface area contributed by atoms with Crippen molar-refractivity contribution in [1.82, 2.24) is 10.6 Å². The van der Waals surface area contributed by atoms with Crippen LogP contribution in [0.1, 0.15) is 27.1 Å². The fraction of sp³-hybridized carbons (Fsp3) is 0.286. The van der Waals surface area contributed by atoms with Gasteiger partial charge < -0.3 is 26.0 Å². The molecule has 3 amide bonds. The normalized spacial score (nSPS) is 10.1. The van der Waals surface area contributed by atoms with Crippen molar-refractivity contribution in [2.45, 2.75) is 6.42 Å². The Morgan fingerprint density at radius 1 is 0.931 bits per heavy atom. The molecule has 2 rings (SSSR count). The minimum atomic E-state index is -0.243. The van der Waals surface area contributed by atoms with E-state index >= 15 is 0 Å². The molecule has 8 heteroatoms. The number of carbonyl (C=O) groups is 3. The summed E-state index contributed by atoms with van der Waals surface area (Å²) in [7, 11) is 3.18. The van der Waals surface area contributed by atoms with E-state index in [2.05, 4.69) is 21.3 Å². The number of hydrogen-bond donors (Lipinski definition) is 4. The second kappa shape index (κ2) is 11.5. The molecule has 0 heterocycles. The van der Waals surface area contributed by atoms with Crippen molar-refractivity contribution in [3.8, 4) is 0 Å². The molecular formula is C21H26N4O4. The number of nitrogens with one attached hydrogen (secondary N) is 4. The highest BCUT2D eigenvalue weighted by atomic mass is 16.5. The van der Waals surface area contributed by atoms with Crippen LogP contribution >= 0.6 is 0 Å². The molecule has 0 bridgehead atoms. The Bertz CT molecular complexity index is 837. The standard InChI is InChI=1S/C21H26N4O4/c1-22-20(27)15-7-9-17(10-8-15)25-19(26)14-24-18-6-3-5-16(13-18)21(28)23-11-4-12-29-2/h3,5-10,13,24H,4,11-12,14H2,1-2H3,(H,22,27)(H,23,28)(H,25,26). The Balaban J connectivity index is 1.83. The number of rotatable bonds is 10. The van der Waals surface area contributed by atoms with Crippen molar-refractivity contribution in [2.24, 2.45) is 0 Å². The summed E-state index contributed by atoms with van der Waals surface area (Å²) in [4.78, 5) is 35.8. The van der Waals surface area contributed by atoms with Crippen LogP contribution in [0, 0.1) is 0 Å². The number of methoxy groups -OCH3 is 1. The van der Waals surface area contributed by atoms with Crippen LogP contribution in [0.25, 0.3) is 0 Å². The van der Waals surface area contributed by atoms with E-state index in [0.29, 0.717) is 35.7 Å². The summed E-state index contributed by atoms with van der Waals surface area (Å²) in [6.45, 7) is 1.16. The predicted octanol–water partition coefficient (Wildman–Crippen LogP) is 1.86. The van der Waals surface area contributed by atoms with Gasteiger partial charge in [-0.15, -0.1) is 0 Å². The molecule has 0 fully saturated rings. The number of carbonyl (C=O) groups excluding carboxylic acids is 3. The lowest BCUT2D eigenvalue weighted by molar-refractivity contribution is -0.114.